The minimum atomic E-state index is -0.0823. The molecule has 2 heterocycles. The Balaban J connectivity index is 2.25. The molecule has 0 saturated carbocycles. The molecule has 0 radical (unpaired) electrons. The minimum Gasteiger partial charge on any atom is -0.308 e. The smallest absolute Gasteiger partial charge is 0.190 e. The Hall–Kier alpha value is -1.13. The fourth-order valence-corrected chi connectivity index (χ4v) is 1.72. The first-order valence-corrected chi connectivity index (χ1v) is 4.54. The van der Waals surface area contributed by atoms with Gasteiger partial charge in [0.25, 0.3) is 0 Å². The number of aromatic nitrogens is 1. The Labute approximate surface area is 74.8 Å². The van der Waals surface area contributed by atoms with Crippen LogP contribution in [0.1, 0.15) is 0 Å². The first-order valence-electron chi connectivity index (χ1n) is 3.66. The van der Waals surface area contributed by atoms with Crippen LogP contribution in [0, 0.1) is 0 Å². The highest BCUT2D eigenvalue weighted by Gasteiger charge is 2.12. The van der Waals surface area contributed by atoms with Crippen LogP contribution in [-0.2, 0) is 0 Å². The van der Waals surface area contributed by atoms with Crippen LogP contribution in [0.25, 0.3) is 0 Å². The predicted molar refractivity (Wildman–Crippen MR) is 50.8 cm³/mol. The van der Waals surface area contributed by atoms with E-state index < -0.39 is 0 Å². The Bertz CT molecular complexity index is 302. The lowest BCUT2D eigenvalue weighted by atomic mass is 10.3. The van der Waals surface area contributed by atoms with Crippen molar-refractivity contribution in [2.24, 2.45) is 5.73 Å². The average molecular weight is 179 g/mol. The Morgan fingerprint density at radius 1 is 1.50 bits per heavy atom. The molecule has 4 heteroatoms. The Morgan fingerprint density at radius 3 is 3.08 bits per heavy atom. The van der Waals surface area contributed by atoms with E-state index in [1.807, 2.05) is 34.7 Å². The van der Waals surface area contributed by atoms with Crippen molar-refractivity contribution in [2.75, 3.05) is 4.90 Å². The first-order chi connectivity index (χ1) is 5.88. The molecule has 1 atom stereocenters. The molecule has 0 saturated heterocycles. The van der Waals surface area contributed by atoms with Crippen molar-refractivity contribution in [3.63, 3.8) is 0 Å². The van der Waals surface area contributed by atoms with Gasteiger partial charge in [-0.2, -0.15) is 0 Å². The van der Waals surface area contributed by atoms with Gasteiger partial charge in [-0.25, -0.2) is 4.98 Å². The van der Waals surface area contributed by atoms with E-state index in [9.17, 15) is 0 Å². The van der Waals surface area contributed by atoms with Crippen LogP contribution in [-0.4, -0.2) is 11.1 Å². The molecule has 0 aromatic carbocycles. The molecule has 62 valence electrons. The summed E-state index contributed by atoms with van der Waals surface area (Å²) < 4.78 is 0. The molecule has 1 aliphatic heterocycles. The molecule has 1 unspecified atom stereocenters. The third kappa shape index (κ3) is 1.26. The zero-order valence-electron chi connectivity index (χ0n) is 6.42. The summed E-state index contributed by atoms with van der Waals surface area (Å²) in [6.45, 7) is 0. The number of rotatable bonds is 1. The van der Waals surface area contributed by atoms with Gasteiger partial charge in [0.15, 0.2) is 5.13 Å². The van der Waals surface area contributed by atoms with E-state index in [0.717, 1.165) is 5.13 Å². The molecular weight excluding hydrogens is 170 g/mol. The maximum atomic E-state index is 5.82. The van der Waals surface area contributed by atoms with Gasteiger partial charge in [0.2, 0.25) is 0 Å². The molecule has 1 aliphatic rings. The van der Waals surface area contributed by atoms with Crippen LogP contribution in [0.5, 0.6) is 0 Å². The third-order valence-corrected chi connectivity index (χ3v) is 2.41. The second-order valence-electron chi connectivity index (χ2n) is 2.44. The number of allylic oxidation sites excluding steroid dienone is 2. The topological polar surface area (TPSA) is 42.1 Å². The monoisotopic (exact) mass is 179 g/mol. The van der Waals surface area contributed by atoms with E-state index in [2.05, 4.69) is 4.98 Å². The van der Waals surface area contributed by atoms with Crippen molar-refractivity contribution < 1.29 is 0 Å². The van der Waals surface area contributed by atoms with Crippen LogP contribution in [0.3, 0.4) is 0 Å². The van der Waals surface area contributed by atoms with Gasteiger partial charge in [0.05, 0.1) is 0 Å². The summed E-state index contributed by atoms with van der Waals surface area (Å²) in [5.74, 6) is 0. The maximum Gasteiger partial charge on any atom is 0.190 e. The van der Waals surface area contributed by atoms with Gasteiger partial charge in [0.1, 0.15) is 6.17 Å². The van der Waals surface area contributed by atoms with Gasteiger partial charge in [-0.3, -0.25) is 0 Å². The van der Waals surface area contributed by atoms with Crippen LogP contribution in [0.15, 0.2) is 36.0 Å². The van der Waals surface area contributed by atoms with E-state index in [-0.39, 0.29) is 6.17 Å². The number of hydrogen-bond acceptors (Lipinski definition) is 4. The first kappa shape index (κ1) is 7.52. The lowest BCUT2D eigenvalue weighted by Crippen LogP contribution is -2.37. The summed E-state index contributed by atoms with van der Waals surface area (Å²) in [6.07, 6.45) is 9.45. The molecule has 0 amide bonds. The van der Waals surface area contributed by atoms with Crippen LogP contribution >= 0.6 is 11.3 Å². The molecule has 1 aromatic heterocycles. The molecule has 3 nitrogen and oxygen atoms in total. The summed E-state index contributed by atoms with van der Waals surface area (Å²) in [7, 11) is 0. The minimum absolute atomic E-state index is 0.0823. The van der Waals surface area contributed by atoms with Crippen LogP contribution in [0.2, 0.25) is 0 Å². The lowest BCUT2D eigenvalue weighted by Gasteiger charge is -2.23. The predicted octanol–water partition coefficient (Wildman–Crippen LogP) is 1.32. The lowest BCUT2D eigenvalue weighted by molar-refractivity contribution is 0.806. The molecular formula is C8H9N3S. The highest BCUT2D eigenvalue weighted by molar-refractivity contribution is 7.13. The fourth-order valence-electron chi connectivity index (χ4n) is 1.05. The van der Waals surface area contributed by atoms with Crippen molar-refractivity contribution in [1.29, 1.82) is 0 Å². The van der Waals surface area contributed by atoms with E-state index >= 15 is 0 Å². The van der Waals surface area contributed by atoms with Gasteiger partial charge in [-0.05, 0) is 12.2 Å². The fraction of sp³-hybridized carbons (Fsp3) is 0.125. The van der Waals surface area contributed by atoms with Crippen LogP contribution in [0.4, 0.5) is 5.13 Å². The number of hydrogen-bond donors (Lipinski definition) is 1. The SMILES string of the molecule is NC1C=CC=CN1c1nccs1. The van der Waals surface area contributed by atoms with Gasteiger partial charge >= 0.3 is 0 Å². The number of nitrogens with two attached hydrogens (primary N) is 1. The standard InChI is InChI=1S/C8H9N3S/c9-7-3-1-2-5-11(7)8-10-4-6-12-8/h1-7H,9H2. The van der Waals surface area contributed by atoms with Crippen LogP contribution < -0.4 is 10.6 Å². The maximum absolute atomic E-state index is 5.82. The highest BCUT2D eigenvalue weighted by Crippen LogP contribution is 2.20. The largest absolute Gasteiger partial charge is 0.308 e. The third-order valence-electron chi connectivity index (χ3n) is 1.63. The molecule has 2 rings (SSSR count). The van der Waals surface area contributed by atoms with E-state index in [1.54, 1.807) is 17.5 Å². The van der Waals surface area contributed by atoms with E-state index in [0.29, 0.717) is 0 Å². The molecule has 0 aliphatic carbocycles. The molecule has 0 fully saturated rings. The van der Waals surface area contributed by atoms with Crippen molar-refractivity contribution in [1.82, 2.24) is 4.98 Å². The molecule has 1 aromatic rings. The molecule has 2 N–H and O–H groups in total. The van der Waals surface area contributed by atoms with Gasteiger partial charge in [-0.15, -0.1) is 11.3 Å². The van der Waals surface area contributed by atoms with Crippen molar-refractivity contribution in [3.8, 4) is 0 Å². The van der Waals surface area contributed by atoms with Gasteiger partial charge < -0.3 is 10.6 Å². The molecule has 0 spiro atoms. The molecule has 0 bridgehead atoms. The Kier molecular flexibility index (Phi) is 1.93. The number of nitrogens with zero attached hydrogens (tertiary/aromatic N) is 2. The second-order valence-corrected chi connectivity index (χ2v) is 3.31. The highest BCUT2D eigenvalue weighted by atomic mass is 32.1. The van der Waals surface area contributed by atoms with E-state index in [4.69, 9.17) is 5.73 Å². The summed E-state index contributed by atoms with van der Waals surface area (Å²) in [4.78, 5) is 6.10. The second kappa shape index (κ2) is 3.08. The van der Waals surface area contributed by atoms with E-state index in [1.165, 1.54) is 0 Å². The quantitative estimate of drug-likeness (QED) is 0.707. The Morgan fingerprint density at radius 2 is 2.42 bits per heavy atom. The number of anilines is 1. The summed E-state index contributed by atoms with van der Waals surface area (Å²) in [6, 6.07) is 0. The number of thiazole rings is 1. The zero-order chi connectivity index (χ0) is 8.39. The normalized spacial score (nSPS) is 21.8. The van der Waals surface area contributed by atoms with Gasteiger partial charge in [0, 0.05) is 17.8 Å². The summed E-state index contributed by atoms with van der Waals surface area (Å²) >= 11 is 1.58. The average Bonchev–Trinajstić information content (AvgIpc) is 2.57. The van der Waals surface area contributed by atoms with Crippen molar-refractivity contribution in [2.45, 2.75) is 6.17 Å². The summed E-state index contributed by atoms with van der Waals surface area (Å²) in [5.41, 5.74) is 5.82. The summed E-state index contributed by atoms with van der Waals surface area (Å²) in [5, 5.41) is 2.87. The molecule has 12 heavy (non-hydrogen) atoms. The van der Waals surface area contributed by atoms with Crippen molar-refractivity contribution >= 4 is 16.5 Å². The zero-order valence-corrected chi connectivity index (χ0v) is 7.24. The van der Waals surface area contributed by atoms with Gasteiger partial charge in [-0.1, -0.05) is 6.08 Å². The van der Waals surface area contributed by atoms with Crippen molar-refractivity contribution in [3.05, 3.63) is 36.0 Å².